The Morgan fingerprint density at radius 1 is 1.15 bits per heavy atom. The van der Waals surface area contributed by atoms with Crippen LogP contribution in [0, 0.1) is 0 Å². The van der Waals surface area contributed by atoms with Gasteiger partial charge in [-0.1, -0.05) is 0 Å². The van der Waals surface area contributed by atoms with E-state index in [1.54, 1.807) is 24.7 Å². The molecule has 0 atom stereocenters. The molecular weight excluding hydrogens is 184 g/mol. The molecule has 66 valence electrons. The molecule has 2 heterocycles. The van der Waals surface area contributed by atoms with Gasteiger partial charge in [0, 0.05) is 31.8 Å². The lowest BCUT2D eigenvalue weighted by molar-refractivity contribution is 0.785. The van der Waals surface area contributed by atoms with E-state index in [1.807, 2.05) is 17.8 Å². The molecular formula is C8H8N4S. The first-order valence-electron chi connectivity index (χ1n) is 3.78. The molecule has 4 nitrogen and oxygen atoms in total. The predicted molar refractivity (Wildman–Crippen MR) is 49.4 cm³/mol. The Morgan fingerprint density at radius 3 is 2.54 bits per heavy atom. The van der Waals surface area contributed by atoms with E-state index < -0.39 is 0 Å². The van der Waals surface area contributed by atoms with Crippen LogP contribution in [0.2, 0.25) is 0 Å². The van der Waals surface area contributed by atoms with Crippen LogP contribution in [0.1, 0.15) is 0 Å². The fourth-order valence-electron chi connectivity index (χ4n) is 0.870. The Bertz CT molecular complexity index is 384. The third kappa shape index (κ3) is 1.86. The average molecular weight is 192 g/mol. The molecule has 0 unspecified atom stereocenters. The summed E-state index contributed by atoms with van der Waals surface area (Å²) in [6.45, 7) is 0. The largest absolute Gasteiger partial charge is 0.329 e. The van der Waals surface area contributed by atoms with Gasteiger partial charge in [-0.3, -0.25) is 0 Å². The standard InChI is InChI=1S/C8H8N4S/c1-12-6-5-11-8(12)13-7-9-3-2-4-10-7/h2-6H,1H3. The van der Waals surface area contributed by atoms with Gasteiger partial charge in [0.15, 0.2) is 10.3 Å². The summed E-state index contributed by atoms with van der Waals surface area (Å²) < 4.78 is 1.93. The van der Waals surface area contributed by atoms with Gasteiger partial charge in [0.05, 0.1) is 0 Å². The van der Waals surface area contributed by atoms with Crippen molar-refractivity contribution in [1.29, 1.82) is 0 Å². The minimum absolute atomic E-state index is 0.719. The predicted octanol–water partition coefficient (Wildman–Crippen LogP) is 1.36. The normalized spacial score (nSPS) is 10.2. The zero-order valence-corrected chi connectivity index (χ0v) is 7.90. The van der Waals surface area contributed by atoms with Gasteiger partial charge in [-0.15, -0.1) is 0 Å². The molecule has 0 N–H and O–H groups in total. The second-order valence-corrected chi connectivity index (χ2v) is 3.39. The van der Waals surface area contributed by atoms with Crippen molar-refractivity contribution < 1.29 is 0 Å². The molecule has 0 aromatic carbocycles. The fourth-order valence-corrected chi connectivity index (χ4v) is 1.58. The van der Waals surface area contributed by atoms with Crippen LogP contribution in [0.25, 0.3) is 0 Å². The van der Waals surface area contributed by atoms with E-state index in [4.69, 9.17) is 0 Å². The lowest BCUT2D eigenvalue weighted by Gasteiger charge is -1.98. The van der Waals surface area contributed by atoms with Gasteiger partial charge in [-0.25, -0.2) is 15.0 Å². The lowest BCUT2D eigenvalue weighted by atomic mass is 10.7. The number of aromatic nitrogens is 4. The fraction of sp³-hybridized carbons (Fsp3) is 0.125. The summed E-state index contributed by atoms with van der Waals surface area (Å²) in [6.07, 6.45) is 7.09. The minimum Gasteiger partial charge on any atom is -0.329 e. The third-order valence-corrected chi connectivity index (χ3v) is 2.47. The smallest absolute Gasteiger partial charge is 0.195 e. The van der Waals surface area contributed by atoms with Crippen molar-refractivity contribution >= 4 is 11.8 Å². The zero-order valence-electron chi connectivity index (χ0n) is 7.08. The molecule has 0 radical (unpaired) electrons. The first-order chi connectivity index (χ1) is 6.36. The maximum Gasteiger partial charge on any atom is 0.195 e. The molecule has 0 aliphatic carbocycles. The summed E-state index contributed by atoms with van der Waals surface area (Å²) >= 11 is 1.45. The summed E-state index contributed by atoms with van der Waals surface area (Å²) in [7, 11) is 1.94. The van der Waals surface area contributed by atoms with Crippen LogP contribution >= 0.6 is 11.8 Å². The molecule has 0 spiro atoms. The number of rotatable bonds is 2. The van der Waals surface area contributed by atoms with Gasteiger partial charge in [0.25, 0.3) is 0 Å². The van der Waals surface area contributed by atoms with Crippen LogP contribution in [-0.4, -0.2) is 19.5 Å². The van der Waals surface area contributed by atoms with Gasteiger partial charge in [-0.05, 0) is 17.8 Å². The summed E-state index contributed by atoms with van der Waals surface area (Å²) in [5.41, 5.74) is 0. The highest BCUT2D eigenvalue weighted by Gasteiger charge is 2.02. The van der Waals surface area contributed by atoms with Crippen LogP contribution < -0.4 is 0 Å². The van der Waals surface area contributed by atoms with Crippen LogP contribution in [0.5, 0.6) is 0 Å². The van der Waals surface area contributed by atoms with Crippen molar-refractivity contribution in [3.63, 3.8) is 0 Å². The first-order valence-corrected chi connectivity index (χ1v) is 4.60. The molecule has 2 aromatic heterocycles. The number of imidazole rings is 1. The highest BCUT2D eigenvalue weighted by Crippen LogP contribution is 2.20. The summed E-state index contributed by atoms with van der Waals surface area (Å²) in [5.74, 6) is 0. The molecule has 0 amide bonds. The molecule has 0 saturated heterocycles. The summed E-state index contributed by atoms with van der Waals surface area (Å²) in [5, 5.41) is 1.61. The topological polar surface area (TPSA) is 43.6 Å². The average Bonchev–Trinajstić information content (AvgIpc) is 2.54. The number of hydrogen-bond donors (Lipinski definition) is 0. The first kappa shape index (κ1) is 8.25. The molecule has 5 heteroatoms. The van der Waals surface area contributed by atoms with Crippen LogP contribution in [0.15, 0.2) is 41.2 Å². The highest BCUT2D eigenvalue weighted by molar-refractivity contribution is 7.99. The van der Waals surface area contributed by atoms with E-state index >= 15 is 0 Å². The number of hydrogen-bond acceptors (Lipinski definition) is 4. The molecule has 2 rings (SSSR count). The monoisotopic (exact) mass is 192 g/mol. The maximum atomic E-state index is 4.16. The van der Waals surface area contributed by atoms with Gasteiger partial charge < -0.3 is 4.57 Å². The van der Waals surface area contributed by atoms with E-state index in [0.717, 1.165) is 10.3 Å². The van der Waals surface area contributed by atoms with Crippen LogP contribution in [0.4, 0.5) is 0 Å². The van der Waals surface area contributed by atoms with Crippen molar-refractivity contribution in [3.05, 3.63) is 30.9 Å². The maximum absolute atomic E-state index is 4.16. The van der Waals surface area contributed by atoms with Gasteiger partial charge in [-0.2, -0.15) is 0 Å². The molecule has 0 fully saturated rings. The molecule has 13 heavy (non-hydrogen) atoms. The van der Waals surface area contributed by atoms with Crippen molar-refractivity contribution in [2.75, 3.05) is 0 Å². The van der Waals surface area contributed by atoms with E-state index in [1.165, 1.54) is 11.8 Å². The summed E-state index contributed by atoms with van der Waals surface area (Å²) in [4.78, 5) is 12.3. The minimum atomic E-state index is 0.719. The second kappa shape index (κ2) is 3.57. The van der Waals surface area contributed by atoms with Gasteiger partial charge >= 0.3 is 0 Å². The third-order valence-electron chi connectivity index (χ3n) is 1.50. The quantitative estimate of drug-likeness (QED) is 0.674. The molecule has 0 aliphatic rings. The van der Waals surface area contributed by atoms with Crippen molar-refractivity contribution in [3.8, 4) is 0 Å². The highest BCUT2D eigenvalue weighted by atomic mass is 32.2. The molecule has 2 aromatic rings. The lowest BCUT2D eigenvalue weighted by Crippen LogP contribution is -1.90. The summed E-state index contributed by atoms with van der Waals surface area (Å²) in [6, 6.07) is 1.79. The Balaban J connectivity index is 2.20. The Labute approximate surface area is 80.1 Å². The van der Waals surface area contributed by atoms with E-state index in [-0.39, 0.29) is 0 Å². The van der Waals surface area contributed by atoms with Crippen LogP contribution in [-0.2, 0) is 7.05 Å². The second-order valence-electron chi connectivity index (χ2n) is 2.45. The van der Waals surface area contributed by atoms with E-state index in [2.05, 4.69) is 15.0 Å². The molecule has 0 bridgehead atoms. The zero-order chi connectivity index (χ0) is 9.10. The van der Waals surface area contributed by atoms with Crippen LogP contribution in [0.3, 0.4) is 0 Å². The Hall–Kier alpha value is -1.36. The Morgan fingerprint density at radius 2 is 1.92 bits per heavy atom. The van der Waals surface area contributed by atoms with Crippen molar-refractivity contribution in [2.24, 2.45) is 7.05 Å². The van der Waals surface area contributed by atoms with Gasteiger partial charge in [0.1, 0.15) is 0 Å². The molecule has 0 saturated carbocycles. The number of aryl methyl sites for hydroxylation is 1. The number of nitrogens with zero attached hydrogens (tertiary/aromatic N) is 4. The van der Waals surface area contributed by atoms with E-state index in [0.29, 0.717) is 0 Å². The van der Waals surface area contributed by atoms with Gasteiger partial charge in [0.2, 0.25) is 0 Å². The van der Waals surface area contributed by atoms with E-state index in [9.17, 15) is 0 Å². The van der Waals surface area contributed by atoms with Crippen molar-refractivity contribution in [2.45, 2.75) is 10.3 Å². The SMILES string of the molecule is Cn1ccnc1Sc1ncccn1. The van der Waals surface area contributed by atoms with Crippen molar-refractivity contribution in [1.82, 2.24) is 19.5 Å². The molecule has 0 aliphatic heterocycles. The Kier molecular flexibility index (Phi) is 2.27.